The minimum atomic E-state index is -0.0697. The van der Waals surface area contributed by atoms with Crippen LogP contribution in [-0.4, -0.2) is 10.6 Å². The fourth-order valence-corrected chi connectivity index (χ4v) is 1.69. The molecule has 22 heavy (non-hydrogen) atoms. The first kappa shape index (κ1) is 16.1. The molecule has 114 valence electrons. The zero-order valence-electron chi connectivity index (χ0n) is 15.4. The summed E-state index contributed by atoms with van der Waals surface area (Å²) in [5.74, 6) is 12.7. The Kier molecular flexibility index (Phi) is 5.24. The van der Waals surface area contributed by atoms with E-state index in [1.54, 1.807) is 12.2 Å². The van der Waals surface area contributed by atoms with Gasteiger partial charge in [-0.25, -0.2) is 0 Å². The van der Waals surface area contributed by atoms with Gasteiger partial charge in [0, 0.05) is 23.3 Å². The van der Waals surface area contributed by atoms with Crippen LogP contribution in [0.1, 0.15) is 43.0 Å². The fraction of sp³-hybridized carbons (Fsp3) is 0.381. The third-order valence-electron chi connectivity index (χ3n) is 3.12. The summed E-state index contributed by atoms with van der Waals surface area (Å²) in [6, 6.07) is 0. The molecule has 0 saturated heterocycles. The van der Waals surface area contributed by atoms with E-state index in [2.05, 4.69) is 70.0 Å². The molecular formula is C21H25O+. The molecule has 1 nitrogen and oxygen atoms in total. The van der Waals surface area contributed by atoms with Gasteiger partial charge in [0.25, 0.3) is 0 Å². The van der Waals surface area contributed by atoms with Crippen LogP contribution in [0.5, 0.6) is 0 Å². The Morgan fingerprint density at radius 3 is 1.55 bits per heavy atom. The summed E-state index contributed by atoms with van der Waals surface area (Å²) < 4.78 is 7.14. The van der Waals surface area contributed by atoms with Gasteiger partial charge in [0.15, 0.2) is 0 Å². The molecule has 0 spiro atoms. The summed E-state index contributed by atoms with van der Waals surface area (Å²) in [4.78, 5) is 4.63. The minimum absolute atomic E-state index is 0.0697. The molecule has 1 heteroatoms. The lowest BCUT2D eigenvalue weighted by Gasteiger charge is -2.17. The summed E-state index contributed by atoms with van der Waals surface area (Å²) in [7, 11) is 0. The summed E-state index contributed by atoms with van der Waals surface area (Å²) in [6.45, 7) is 12.7. The summed E-state index contributed by atoms with van der Waals surface area (Å²) in [5, 5.41) is 0. The topological polar surface area (TPSA) is 21.4 Å². The molecule has 0 bridgehead atoms. The summed E-state index contributed by atoms with van der Waals surface area (Å²) in [5.41, 5.74) is 1.83. The van der Waals surface area contributed by atoms with Crippen molar-refractivity contribution >= 4 is 5.78 Å². The van der Waals surface area contributed by atoms with E-state index in [1.165, 1.54) is 0 Å². The van der Waals surface area contributed by atoms with Gasteiger partial charge in [-0.1, -0.05) is 65.5 Å². The van der Waals surface area contributed by atoms with E-state index in [1.807, 2.05) is 24.3 Å². The van der Waals surface area contributed by atoms with Crippen molar-refractivity contribution in [1.29, 1.82) is 0 Å². The second-order valence-corrected chi connectivity index (χ2v) is 7.28. The van der Waals surface area contributed by atoms with E-state index in [-0.39, 0.29) is 10.8 Å². The lowest BCUT2D eigenvalue weighted by molar-refractivity contribution is 0.521. The first-order chi connectivity index (χ1) is 10.6. The SMILES string of the molecule is [2H][O+]=C1/C=C/C=C(/C(C)(C)C)C#CC#C/C(C(C)(C)C)=C\C=C\1. The van der Waals surface area contributed by atoms with Gasteiger partial charge in [0.2, 0.25) is 0 Å². The Morgan fingerprint density at radius 2 is 1.23 bits per heavy atom. The quantitative estimate of drug-likeness (QED) is 0.460. The van der Waals surface area contributed by atoms with Gasteiger partial charge in [-0.05, 0) is 34.8 Å². The van der Waals surface area contributed by atoms with Crippen LogP contribution in [0, 0.1) is 34.5 Å². The number of hydrogen-bond donors (Lipinski definition) is 0. The van der Waals surface area contributed by atoms with Crippen LogP contribution in [0.4, 0.5) is 0 Å². The molecule has 0 aromatic rings. The molecule has 1 aliphatic rings. The molecule has 0 unspecified atom stereocenters. The van der Waals surface area contributed by atoms with Crippen molar-refractivity contribution in [3.05, 3.63) is 47.6 Å². The van der Waals surface area contributed by atoms with Crippen LogP contribution in [0.25, 0.3) is 0 Å². The normalized spacial score (nSPS) is 24.1. The van der Waals surface area contributed by atoms with Crippen molar-refractivity contribution in [1.82, 2.24) is 0 Å². The first-order valence-corrected chi connectivity index (χ1v) is 7.44. The molecular weight excluding hydrogens is 268 g/mol. The summed E-state index contributed by atoms with van der Waals surface area (Å²) in [6.07, 6.45) is 11.1. The van der Waals surface area contributed by atoms with Gasteiger partial charge in [-0.3, -0.25) is 4.80 Å². The molecule has 0 amide bonds. The average Bonchev–Trinajstić information content (AvgIpc) is 2.44. The summed E-state index contributed by atoms with van der Waals surface area (Å²) >= 11 is 0. The maximum absolute atomic E-state index is 7.14. The third kappa shape index (κ3) is 6.02. The maximum atomic E-state index is 7.14. The van der Waals surface area contributed by atoms with Crippen molar-refractivity contribution < 1.29 is 6.23 Å². The number of carbonyl (C=O) groups excluding carboxylic acids is 1. The Bertz CT molecular complexity index is 646. The van der Waals surface area contributed by atoms with Crippen molar-refractivity contribution in [3.8, 4) is 23.7 Å². The van der Waals surface area contributed by atoms with Crippen molar-refractivity contribution in [2.45, 2.75) is 41.5 Å². The molecule has 1 rings (SSSR count). The van der Waals surface area contributed by atoms with Gasteiger partial charge < -0.3 is 0 Å². The number of rotatable bonds is 0. The smallest absolute Gasteiger partial charge is 0.274 e. The van der Waals surface area contributed by atoms with E-state index in [0.29, 0.717) is 5.78 Å². The monoisotopic (exact) mass is 294 g/mol. The highest BCUT2D eigenvalue weighted by atomic mass is 16.1. The van der Waals surface area contributed by atoms with Gasteiger partial charge >= 0.3 is 7.21 Å². The average molecular weight is 294 g/mol. The number of hydrogen-bond acceptors (Lipinski definition) is 0. The zero-order chi connectivity index (χ0) is 17.5. The Balaban J connectivity index is 3.44. The molecule has 0 heterocycles. The highest BCUT2D eigenvalue weighted by molar-refractivity contribution is 6.00. The Hall–Kier alpha value is -2.25. The second-order valence-electron chi connectivity index (χ2n) is 7.28. The lowest BCUT2D eigenvalue weighted by atomic mass is 9.86. The molecule has 1 N–H and O–H groups in total. The van der Waals surface area contributed by atoms with Crippen LogP contribution in [0.2, 0.25) is 0 Å². The maximum Gasteiger partial charge on any atom is 0.686 e. The van der Waals surface area contributed by atoms with E-state index in [9.17, 15) is 0 Å². The van der Waals surface area contributed by atoms with Crippen LogP contribution in [0.15, 0.2) is 47.6 Å². The predicted molar refractivity (Wildman–Crippen MR) is 95.9 cm³/mol. The number of allylic oxidation sites excluding steroid dienone is 8. The first-order valence-electron chi connectivity index (χ1n) is 7.85. The highest BCUT2D eigenvalue weighted by Gasteiger charge is 2.15. The largest absolute Gasteiger partial charge is 0.686 e. The second kappa shape index (κ2) is 7.15. The van der Waals surface area contributed by atoms with Gasteiger partial charge in [0.1, 0.15) is 0 Å². The van der Waals surface area contributed by atoms with E-state index in [4.69, 9.17) is 1.43 Å². The predicted octanol–water partition coefficient (Wildman–Crippen LogP) is 4.61. The molecule has 0 aromatic carbocycles. The van der Waals surface area contributed by atoms with Crippen molar-refractivity contribution in [2.75, 3.05) is 0 Å². The Morgan fingerprint density at radius 1 is 0.818 bits per heavy atom. The molecule has 0 aliphatic heterocycles. The van der Waals surface area contributed by atoms with Gasteiger partial charge in [-0.15, -0.1) is 0 Å². The third-order valence-corrected chi connectivity index (χ3v) is 3.12. The van der Waals surface area contributed by atoms with Gasteiger partial charge in [-0.2, -0.15) is 0 Å². The molecule has 0 saturated carbocycles. The molecule has 0 fully saturated rings. The minimum Gasteiger partial charge on any atom is -0.274 e. The molecule has 0 aromatic heterocycles. The van der Waals surface area contributed by atoms with Crippen LogP contribution in [0.3, 0.4) is 0 Å². The molecule has 0 radical (unpaired) electrons. The number of ketones is 1. The standard InChI is InChI=1S/C21H24O/c1-20(2,3)17-11-7-8-12-18(21(4,5)6)14-10-16-19(22)15-9-13-17/h9-10,13-16H,1-6H3/p+1/b15-9+,16-10+,17-13+,18-14+/i/hD. The van der Waals surface area contributed by atoms with E-state index in [0.717, 1.165) is 11.1 Å². The van der Waals surface area contributed by atoms with E-state index >= 15 is 0 Å². The molecule has 1 aliphatic carbocycles. The van der Waals surface area contributed by atoms with Crippen LogP contribution >= 0.6 is 0 Å². The zero-order valence-corrected chi connectivity index (χ0v) is 14.4. The van der Waals surface area contributed by atoms with Crippen LogP contribution in [-0.2, 0) is 0 Å². The van der Waals surface area contributed by atoms with E-state index < -0.39 is 0 Å². The van der Waals surface area contributed by atoms with Gasteiger partial charge in [0.05, 0.1) is 0 Å². The Labute approximate surface area is 136 Å². The van der Waals surface area contributed by atoms with Crippen molar-refractivity contribution in [2.24, 2.45) is 10.8 Å². The fourth-order valence-electron chi connectivity index (χ4n) is 1.69. The van der Waals surface area contributed by atoms with Crippen LogP contribution < -0.4 is 0 Å². The molecule has 0 atom stereocenters. The van der Waals surface area contributed by atoms with Crippen molar-refractivity contribution in [3.63, 3.8) is 0 Å². The highest BCUT2D eigenvalue weighted by Crippen LogP contribution is 2.25. The lowest BCUT2D eigenvalue weighted by Crippen LogP contribution is -2.08.